The van der Waals surface area contributed by atoms with Gasteiger partial charge in [-0.2, -0.15) is 8.42 Å². The van der Waals surface area contributed by atoms with Crippen LogP contribution >= 0.6 is 0 Å². The average Bonchev–Trinajstić information content (AvgIpc) is 2.45. The number of hydrogen-bond acceptors (Lipinski definition) is 2. The molecule has 0 saturated carbocycles. The Bertz CT molecular complexity index is 353. The Kier molecular flexibility index (Phi) is 21.4. The average molecular weight is 356 g/mol. The molecule has 0 bridgehead atoms. The second-order valence-electron chi connectivity index (χ2n) is 6.22. The molecule has 3 nitrogen and oxygen atoms in total. The van der Waals surface area contributed by atoms with Crippen molar-refractivity contribution in [1.82, 2.24) is 0 Å². The normalized spacial score (nSPS) is 11.7. The van der Waals surface area contributed by atoms with Crippen molar-refractivity contribution in [3.63, 3.8) is 0 Å². The Morgan fingerprint density at radius 2 is 1.09 bits per heavy atom. The van der Waals surface area contributed by atoms with Crippen LogP contribution < -0.4 is 0 Å². The van der Waals surface area contributed by atoms with Crippen molar-refractivity contribution in [2.75, 3.05) is 5.75 Å². The molecule has 0 aliphatic heterocycles. The first-order valence-electron chi connectivity index (χ1n) is 9.16. The summed E-state index contributed by atoms with van der Waals surface area (Å²) in [7, 11) is -3.75. The van der Waals surface area contributed by atoms with Crippen molar-refractivity contribution in [1.29, 1.82) is 0 Å². The predicted molar refractivity (Wildman–Crippen MR) is 102 cm³/mol. The van der Waals surface area contributed by atoms with Gasteiger partial charge in [0, 0.05) is 29.6 Å². The summed E-state index contributed by atoms with van der Waals surface area (Å²) in [6, 6.07) is 0. The van der Waals surface area contributed by atoms with E-state index < -0.39 is 10.1 Å². The van der Waals surface area contributed by atoms with Gasteiger partial charge in [0.05, 0.1) is 5.75 Å². The molecule has 0 amide bonds. The van der Waals surface area contributed by atoms with Crippen LogP contribution in [0.1, 0.15) is 96.8 Å². The van der Waals surface area contributed by atoms with E-state index in [9.17, 15) is 8.42 Å². The Morgan fingerprint density at radius 1 is 0.696 bits per heavy atom. The van der Waals surface area contributed by atoms with Gasteiger partial charge in [-0.1, -0.05) is 76.9 Å². The summed E-state index contributed by atoms with van der Waals surface area (Å²) >= 11 is 0. The summed E-state index contributed by atoms with van der Waals surface area (Å²) in [5.41, 5.74) is 0. The van der Waals surface area contributed by atoms with Crippen molar-refractivity contribution in [3.05, 3.63) is 12.2 Å². The number of unbranched alkanes of at least 4 members (excludes halogenated alkanes) is 12. The minimum atomic E-state index is -3.75. The second-order valence-corrected chi connectivity index (χ2v) is 7.80. The van der Waals surface area contributed by atoms with Gasteiger partial charge < -0.3 is 0 Å². The SMILES string of the molecule is CCCCCCCC/C=C\CCCCCCCCS(=O)(=O)O.[Na]. The zero-order valence-electron chi connectivity index (χ0n) is 15.4. The molecule has 0 atom stereocenters. The molecule has 0 aliphatic carbocycles. The van der Waals surface area contributed by atoms with Gasteiger partial charge in [-0.15, -0.1) is 0 Å². The van der Waals surface area contributed by atoms with E-state index in [2.05, 4.69) is 19.1 Å². The molecule has 0 aromatic heterocycles. The molecular weight excluding hydrogens is 319 g/mol. The van der Waals surface area contributed by atoms with E-state index in [-0.39, 0.29) is 35.3 Å². The van der Waals surface area contributed by atoms with Crippen LogP contribution in [0.15, 0.2) is 12.2 Å². The third-order valence-corrected chi connectivity index (χ3v) is 4.72. The molecule has 0 saturated heterocycles. The van der Waals surface area contributed by atoms with E-state index in [0.717, 1.165) is 19.3 Å². The maximum Gasteiger partial charge on any atom is 0.264 e. The van der Waals surface area contributed by atoms with Crippen LogP contribution in [0, 0.1) is 0 Å². The Hall–Kier alpha value is 0.650. The van der Waals surface area contributed by atoms with Gasteiger partial charge in [-0.3, -0.25) is 4.55 Å². The quantitative estimate of drug-likeness (QED) is 0.171. The molecular formula is C18H36NaO3S. The van der Waals surface area contributed by atoms with Gasteiger partial charge in [0.15, 0.2) is 0 Å². The molecule has 1 radical (unpaired) electrons. The smallest absolute Gasteiger partial charge is 0.264 e. The molecule has 5 heteroatoms. The first-order valence-corrected chi connectivity index (χ1v) is 10.8. The maximum absolute atomic E-state index is 10.5. The van der Waals surface area contributed by atoms with Crippen molar-refractivity contribution < 1.29 is 13.0 Å². The third-order valence-electron chi connectivity index (χ3n) is 3.91. The number of hydrogen-bond donors (Lipinski definition) is 1. The first-order chi connectivity index (χ1) is 10.6. The maximum atomic E-state index is 10.5. The molecule has 0 aromatic rings. The van der Waals surface area contributed by atoms with Gasteiger partial charge in [0.1, 0.15) is 0 Å². The molecule has 0 spiro atoms. The van der Waals surface area contributed by atoms with Crippen molar-refractivity contribution in [2.24, 2.45) is 0 Å². The van der Waals surface area contributed by atoms with E-state index in [1.165, 1.54) is 64.2 Å². The van der Waals surface area contributed by atoms with Gasteiger partial charge in [-0.05, 0) is 32.1 Å². The van der Waals surface area contributed by atoms with E-state index in [0.29, 0.717) is 6.42 Å². The van der Waals surface area contributed by atoms with E-state index in [4.69, 9.17) is 4.55 Å². The van der Waals surface area contributed by atoms with Crippen LogP contribution in [0.2, 0.25) is 0 Å². The first kappa shape index (κ1) is 25.9. The van der Waals surface area contributed by atoms with Crippen LogP contribution in [0.4, 0.5) is 0 Å². The van der Waals surface area contributed by atoms with Crippen molar-refractivity contribution >= 4 is 39.7 Å². The Labute approximate surface area is 166 Å². The Balaban J connectivity index is 0. The summed E-state index contributed by atoms with van der Waals surface area (Å²) in [6.07, 6.45) is 21.4. The summed E-state index contributed by atoms with van der Waals surface area (Å²) in [4.78, 5) is 0. The Morgan fingerprint density at radius 3 is 1.52 bits per heavy atom. The predicted octanol–water partition coefficient (Wildman–Crippen LogP) is 5.53. The molecule has 23 heavy (non-hydrogen) atoms. The topological polar surface area (TPSA) is 54.4 Å². The van der Waals surface area contributed by atoms with Gasteiger partial charge >= 0.3 is 0 Å². The molecule has 0 aromatic carbocycles. The van der Waals surface area contributed by atoms with Crippen molar-refractivity contribution in [2.45, 2.75) is 96.8 Å². The zero-order chi connectivity index (χ0) is 16.5. The van der Waals surface area contributed by atoms with Gasteiger partial charge in [-0.25, -0.2) is 0 Å². The summed E-state index contributed by atoms with van der Waals surface area (Å²) < 4.78 is 29.7. The minimum absolute atomic E-state index is 0. The fourth-order valence-corrected chi connectivity index (χ4v) is 3.10. The number of allylic oxidation sites excluding steroid dienone is 2. The second kappa shape index (κ2) is 19.0. The summed E-state index contributed by atoms with van der Waals surface area (Å²) in [5, 5.41) is 0. The molecule has 133 valence electrons. The molecule has 0 rings (SSSR count). The fourth-order valence-electron chi connectivity index (χ4n) is 2.53. The molecule has 0 heterocycles. The van der Waals surface area contributed by atoms with E-state index in [1.807, 2.05) is 0 Å². The van der Waals surface area contributed by atoms with Crippen LogP contribution in [0.25, 0.3) is 0 Å². The largest absolute Gasteiger partial charge is 0.286 e. The van der Waals surface area contributed by atoms with Gasteiger partial charge in [0.2, 0.25) is 0 Å². The molecule has 0 aliphatic rings. The fraction of sp³-hybridized carbons (Fsp3) is 0.889. The van der Waals surface area contributed by atoms with E-state index in [1.54, 1.807) is 0 Å². The van der Waals surface area contributed by atoms with Gasteiger partial charge in [0.25, 0.3) is 10.1 Å². The summed E-state index contributed by atoms with van der Waals surface area (Å²) in [6.45, 7) is 2.25. The minimum Gasteiger partial charge on any atom is -0.286 e. The van der Waals surface area contributed by atoms with Crippen molar-refractivity contribution in [3.8, 4) is 0 Å². The monoisotopic (exact) mass is 355 g/mol. The summed E-state index contributed by atoms with van der Waals surface area (Å²) in [5.74, 6) is -0.0891. The molecule has 0 fully saturated rings. The third kappa shape index (κ3) is 25.0. The zero-order valence-corrected chi connectivity index (χ0v) is 18.2. The standard InChI is InChI=1S/C18H36O3S.Na/c1-2-3-4-5-6-7-8-9-10-11-12-13-14-15-16-17-18-22(19,20)21;/h9-10H,2-8,11-18H2,1H3,(H,19,20,21);/b10-9-;. The van der Waals surface area contributed by atoms with E-state index >= 15 is 0 Å². The van der Waals surface area contributed by atoms with Crippen LogP contribution in [-0.4, -0.2) is 48.3 Å². The van der Waals surface area contributed by atoms with Crippen LogP contribution in [0.5, 0.6) is 0 Å². The van der Waals surface area contributed by atoms with Crippen LogP contribution in [0.3, 0.4) is 0 Å². The molecule has 0 unspecified atom stereocenters. The number of rotatable bonds is 16. The molecule has 1 N–H and O–H groups in total. The van der Waals surface area contributed by atoms with Crippen LogP contribution in [-0.2, 0) is 10.1 Å².